The highest BCUT2D eigenvalue weighted by atomic mass is 16.5. The molecule has 30 heavy (non-hydrogen) atoms. The smallest absolute Gasteiger partial charge is 0.337 e. The number of nitrogens with zero attached hydrogens (tertiary/aromatic N) is 2. The van der Waals surface area contributed by atoms with E-state index in [-0.39, 0.29) is 11.9 Å². The van der Waals surface area contributed by atoms with E-state index in [2.05, 4.69) is 17.1 Å². The van der Waals surface area contributed by atoms with Crippen LogP contribution in [0.2, 0.25) is 0 Å². The van der Waals surface area contributed by atoms with Crippen LogP contribution in [0.25, 0.3) is 10.9 Å². The summed E-state index contributed by atoms with van der Waals surface area (Å²) in [5.74, 6) is -0.471. The summed E-state index contributed by atoms with van der Waals surface area (Å²) >= 11 is 0. The molecule has 0 saturated carbocycles. The molecule has 0 radical (unpaired) electrons. The SMILES string of the molecule is CCN1CCc2nc3ccccc3c(C(=O)NCc3ccc(C(=O)OC)cc3)c2C1. The first kappa shape index (κ1) is 20.0. The Morgan fingerprint density at radius 3 is 2.63 bits per heavy atom. The van der Waals surface area contributed by atoms with E-state index in [1.54, 1.807) is 12.1 Å². The van der Waals surface area contributed by atoms with Gasteiger partial charge in [0, 0.05) is 42.7 Å². The van der Waals surface area contributed by atoms with Gasteiger partial charge in [0.05, 0.1) is 23.8 Å². The molecule has 1 aromatic heterocycles. The summed E-state index contributed by atoms with van der Waals surface area (Å²) in [6, 6.07) is 14.9. The van der Waals surface area contributed by atoms with E-state index in [0.717, 1.165) is 59.3 Å². The number of aromatic nitrogens is 1. The first-order chi connectivity index (χ1) is 14.6. The zero-order valence-corrected chi connectivity index (χ0v) is 17.3. The molecule has 0 aliphatic carbocycles. The highest BCUT2D eigenvalue weighted by molar-refractivity contribution is 6.07. The van der Waals surface area contributed by atoms with Gasteiger partial charge in [0.1, 0.15) is 0 Å². The van der Waals surface area contributed by atoms with Crippen molar-refractivity contribution in [2.45, 2.75) is 26.4 Å². The van der Waals surface area contributed by atoms with E-state index in [0.29, 0.717) is 12.1 Å². The largest absolute Gasteiger partial charge is 0.465 e. The van der Waals surface area contributed by atoms with Crippen LogP contribution in [-0.2, 0) is 24.2 Å². The van der Waals surface area contributed by atoms with Crippen molar-refractivity contribution in [2.24, 2.45) is 0 Å². The number of carbonyl (C=O) groups excluding carboxylic acids is 2. The van der Waals surface area contributed by atoms with Crippen LogP contribution >= 0.6 is 0 Å². The molecular weight excluding hydrogens is 378 g/mol. The minimum atomic E-state index is -0.374. The molecule has 2 heterocycles. The molecule has 1 N–H and O–H groups in total. The summed E-state index contributed by atoms with van der Waals surface area (Å²) < 4.78 is 4.73. The molecule has 6 heteroatoms. The summed E-state index contributed by atoms with van der Waals surface area (Å²) in [5, 5.41) is 3.93. The summed E-state index contributed by atoms with van der Waals surface area (Å²) in [4.78, 5) is 32.0. The van der Waals surface area contributed by atoms with Gasteiger partial charge in [-0.25, -0.2) is 4.79 Å². The van der Waals surface area contributed by atoms with Crippen LogP contribution in [-0.4, -0.2) is 42.0 Å². The number of benzene rings is 2. The Hall–Kier alpha value is -3.25. The molecule has 1 amide bonds. The predicted molar refractivity (Wildman–Crippen MR) is 115 cm³/mol. The lowest BCUT2D eigenvalue weighted by atomic mass is 9.95. The Morgan fingerprint density at radius 1 is 1.13 bits per heavy atom. The topological polar surface area (TPSA) is 71.5 Å². The molecule has 6 nitrogen and oxygen atoms in total. The van der Waals surface area contributed by atoms with Crippen molar-refractivity contribution in [2.75, 3.05) is 20.2 Å². The molecule has 0 saturated heterocycles. The molecule has 0 fully saturated rings. The Bertz CT molecular complexity index is 1090. The molecule has 0 spiro atoms. The molecule has 2 aromatic carbocycles. The molecule has 1 aliphatic rings. The molecule has 1 aliphatic heterocycles. The van der Waals surface area contributed by atoms with Gasteiger partial charge in [0.25, 0.3) is 5.91 Å². The van der Waals surface area contributed by atoms with Gasteiger partial charge in [-0.15, -0.1) is 0 Å². The second-order valence-electron chi connectivity index (χ2n) is 7.42. The maximum atomic E-state index is 13.3. The second kappa shape index (κ2) is 8.63. The summed E-state index contributed by atoms with van der Waals surface area (Å²) in [6.45, 7) is 5.16. The van der Waals surface area contributed by atoms with Crippen LogP contribution in [0.1, 0.15) is 44.5 Å². The van der Waals surface area contributed by atoms with E-state index in [1.807, 2.05) is 36.4 Å². The fraction of sp³-hybridized carbons (Fsp3) is 0.292. The van der Waals surface area contributed by atoms with E-state index >= 15 is 0 Å². The molecule has 0 atom stereocenters. The third-order valence-electron chi connectivity index (χ3n) is 5.63. The highest BCUT2D eigenvalue weighted by Gasteiger charge is 2.25. The van der Waals surface area contributed by atoms with Crippen molar-refractivity contribution >= 4 is 22.8 Å². The molecule has 0 unspecified atom stereocenters. The van der Waals surface area contributed by atoms with Crippen LogP contribution in [0.3, 0.4) is 0 Å². The Kier molecular flexibility index (Phi) is 5.77. The average Bonchev–Trinajstić information content (AvgIpc) is 2.80. The van der Waals surface area contributed by atoms with Gasteiger partial charge in [-0.3, -0.25) is 14.7 Å². The number of amides is 1. The number of para-hydroxylation sites is 1. The van der Waals surface area contributed by atoms with E-state index in [4.69, 9.17) is 9.72 Å². The quantitative estimate of drug-likeness (QED) is 0.662. The maximum Gasteiger partial charge on any atom is 0.337 e. The number of carbonyl (C=O) groups is 2. The number of hydrogen-bond acceptors (Lipinski definition) is 5. The summed E-state index contributed by atoms with van der Waals surface area (Å²) in [6.07, 6.45) is 0.850. The van der Waals surface area contributed by atoms with Crippen molar-refractivity contribution in [1.29, 1.82) is 0 Å². The number of rotatable bonds is 5. The average molecular weight is 403 g/mol. The zero-order valence-electron chi connectivity index (χ0n) is 17.3. The standard InChI is InChI=1S/C24H25N3O3/c1-3-27-13-12-21-19(15-27)22(18-6-4-5-7-20(18)26-21)23(28)25-14-16-8-10-17(11-9-16)24(29)30-2/h4-11H,3,12-15H2,1-2H3,(H,25,28). The predicted octanol–water partition coefficient (Wildman–Crippen LogP) is 3.33. The minimum absolute atomic E-state index is 0.0974. The van der Waals surface area contributed by atoms with Crippen LogP contribution in [0.5, 0.6) is 0 Å². The number of fused-ring (bicyclic) bond motifs is 2. The minimum Gasteiger partial charge on any atom is -0.465 e. The maximum absolute atomic E-state index is 13.3. The van der Waals surface area contributed by atoms with Crippen LogP contribution in [0.4, 0.5) is 0 Å². The van der Waals surface area contributed by atoms with Gasteiger partial charge in [-0.2, -0.15) is 0 Å². The monoisotopic (exact) mass is 403 g/mol. The third-order valence-corrected chi connectivity index (χ3v) is 5.63. The number of pyridine rings is 1. The van der Waals surface area contributed by atoms with Crippen LogP contribution in [0.15, 0.2) is 48.5 Å². The van der Waals surface area contributed by atoms with Gasteiger partial charge in [0.15, 0.2) is 0 Å². The van der Waals surface area contributed by atoms with Crippen molar-refractivity contribution < 1.29 is 14.3 Å². The summed E-state index contributed by atoms with van der Waals surface area (Å²) in [7, 11) is 1.36. The lowest BCUT2D eigenvalue weighted by molar-refractivity contribution is 0.0600. The lowest BCUT2D eigenvalue weighted by Gasteiger charge is -2.29. The number of esters is 1. The fourth-order valence-corrected chi connectivity index (χ4v) is 3.92. The number of nitrogens with one attached hydrogen (secondary N) is 1. The second-order valence-corrected chi connectivity index (χ2v) is 7.42. The number of hydrogen-bond donors (Lipinski definition) is 1. The first-order valence-electron chi connectivity index (χ1n) is 10.2. The molecular formula is C24H25N3O3. The van der Waals surface area contributed by atoms with Crippen molar-refractivity contribution in [3.8, 4) is 0 Å². The van der Waals surface area contributed by atoms with Crippen LogP contribution < -0.4 is 5.32 Å². The Balaban J connectivity index is 1.62. The first-order valence-corrected chi connectivity index (χ1v) is 10.2. The van der Waals surface area contributed by atoms with Crippen molar-refractivity contribution in [1.82, 2.24) is 15.2 Å². The molecule has 154 valence electrons. The van der Waals surface area contributed by atoms with Crippen molar-refractivity contribution in [3.63, 3.8) is 0 Å². The fourth-order valence-electron chi connectivity index (χ4n) is 3.92. The third kappa shape index (κ3) is 3.91. The highest BCUT2D eigenvalue weighted by Crippen LogP contribution is 2.28. The molecule has 4 rings (SSSR count). The van der Waals surface area contributed by atoms with Gasteiger partial charge in [-0.05, 0) is 30.3 Å². The Morgan fingerprint density at radius 2 is 1.90 bits per heavy atom. The lowest BCUT2D eigenvalue weighted by Crippen LogP contribution is -2.34. The Labute approximate surface area is 175 Å². The number of ether oxygens (including phenoxy) is 1. The van der Waals surface area contributed by atoms with E-state index in [1.165, 1.54) is 7.11 Å². The molecule has 3 aromatic rings. The normalized spacial score (nSPS) is 13.7. The number of methoxy groups -OCH3 is 1. The zero-order chi connectivity index (χ0) is 21.1. The molecule has 0 bridgehead atoms. The summed E-state index contributed by atoms with van der Waals surface area (Å²) in [5.41, 5.74) is 5.03. The van der Waals surface area contributed by atoms with Gasteiger partial charge >= 0.3 is 5.97 Å². The number of likely N-dealkylation sites (N-methyl/N-ethyl adjacent to an activating group) is 1. The van der Waals surface area contributed by atoms with Gasteiger partial charge in [-0.1, -0.05) is 37.3 Å². The van der Waals surface area contributed by atoms with Gasteiger partial charge < -0.3 is 10.1 Å². The van der Waals surface area contributed by atoms with E-state index < -0.39 is 0 Å². The van der Waals surface area contributed by atoms with Crippen LogP contribution in [0, 0.1) is 0 Å². The van der Waals surface area contributed by atoms with Crippen molar-refractivity contribution in [3.05, 3.63) is 76.5 Å². The van der Waals surface area contributed by atoms with E-state index in [9.17, 15) is 9.59 Å². The van der Waals surface area contributed by atoms with Gasteiger partial charge in [0.2, 0.25) is 0 Å².